The SMILES string of the molecule is Cc1nc(S(=O)(=O)Cc2ccc(C(=O)N3CCCC3)cc2)n(C2CCCCC2)c1C. The molecule has 0 radical (unpaired) electrons. The molecule has 0 spiro atoms. The lowest BCUT2D eigenvalue weighted by atomic mass is 9.95. The first kappa shape index (κ1) is 21.1. The highest BCUT2D eigenvalue weighted by atomic mass is 32.2. The minimum absolute atomic E-state index is 0.0287. The van der Waals surface area contributed by atoms with Crippen LogP contribution in [0.5, 0.6) is 0 Å². The normalized spacial score (nSPS) is 18.1. The lowest BCUT2D eigenvalue weighted by Crippen LogP contribution is -2.27. The maximum atomic E-state index is 13.3. The van der Waals surface area contributed by atoms with Gasteiger partial charge in [-0.15, -0.1) is 0 Å². The van der Waals surface area contributed by atoms with E-state index in [1.165, 1.54) is 6.42 Å². The summed E-state index contributed by atoms with van der Waals surface area (Å²) in [5.41, 5.74) is 3.03. The van der Waals surface area contributed by atoms with Crippen molar-refractivity contribution in [1.82, 2.24) is 14.5 Å². The molecule has 7 heteroatoms. The molecular formula is C23H31N3O3S. The summed E-state index contributed by atoms with van der Waals surface area (Å²) in [6.07, 6.45) is 7.59. The summed E-state index contributed by atoms with van der Waals surface area (Å²) in [5, 5.41) is 0.196. The fourth-order valence-corrected chi connectivity index (χ4v) is 6.34. The number of aromatic nitrogens is 2. The van der Waals surface area contributed by atoms with E-state index in [4.69, 9.17) is 0 Å². The number of carbonyl (C=O) groups excluding carboxylic acids is 1. The minimum Gasteiger partial charge on any atom is -0.339 e. The number of imidazole rings is 1. The zero-order chi connectivity index (χ0) is 21.3. The Morgan fingerprint density at radius 2 is 1.63 bits per heavy atom. The van der Waals surface area contributed by atoms with Crippen molar-refractivity contribution < 1.29 is 13.2 Å². The largest absolute Gasteiger partial charge is 0.339 e. The predicted octanol–water partition coefficient (Wildman–Crippen LogP) is 4.22. The first-order valence-corrected chi connectivity index (χ1v) is 12.7. The molecule has 6 nitrogen and oxygen atoms in total. The van der Waals surface area contributed by atoms with E-state index >= 15 is 0 Å². The van der Waals surface area contributed by atoms with Crippen LogP contribution >= 0.6 is 0 Å². The van der Waals surface area contributed by atoms with Gasteiger partial charge >= 0.3 is 0 Å². The van der Waals surface area contributed by atoms with Crippen molar-refractivity contribution in [2.45, 2.75) is 75.7 Å². The molecule has 1 saturated carbocycles. The zero-order valence-electron chi connectivity index (χ0n) is 17.9. The summed E-state index contributed by atoms with van der Waals surface area (Å²) in [6, 6.07) is 7.22. The number of aryl methyl sites for hydroxylation is 1. The molecular weight excluding hydrogens is 398 g/mol. The molecule has 1 amide bonds. The first-order valence-electron chi connectivity index (χ1n) is 11.0. The Morgan fingerprint density at radius 3 is 2.27 bits per heavy atom. The molecule has 0 atom stereocenters. The van der Waals surface area contributed by atoms with E-state index in [0.717, 1.165) is 63.0 Å². The van der Waals surface area contributed by atoms with Gasteiger partial charge in [-0.25, -0.2) is 13.4 Å². The molecule has 1 aliphatic heterocycles. The third-order valence-corrected chi connectivity index (χ3v) is 8.08. The number of nitrogens with zero attached hydrogens (tertiary/aromatic N) is 3. The molecule has 2 aliphatic rings. The second-order valence-electron chi connectivity index (χ2n) is 8.68. The summed E-state index contributed by atoms with van der Waals surface area (Å²) >= 11 is 0. The smallest absolute Gasteiger partial charge is 0.253 e. The molecule has 2 aromatic rings. The fourth-order valence-electron chi connectivity index (χ4n) is 4.71. The van der Waals surface area contributed by atoms with Gasteiger partial charge in [0.1, 0.15) is 0 Å². The maximum absolute atomic E-state index is 13.3. The van der Waals surface area contributed by atoms with Crippen LogP contribution in [0.4, 0.5) is 0 Å². The average Bonchev–Trinajstić information content (AvgIpc) is 3.38. The highest BCUT2D eigenvalue weighted by Gasteiger charge is 2.29. The highest BCUT2D eigenvalue weighted by Crippen LogP contribution is 2.33. The molecule has 1 saturated heterocycles. The summed E-state index contributed by atoms with van der Waals surface area (Å²) in [4.78, 5) is 18.8. The molecule has 0 bridgehead atoms. The van der Waals surface area contributed by atoms with Gasteiger partial charge in [-0.05, 0) is 57.2 Å². The number of hydrogen-bond donors (Lipinski definition) is 0. The van der Waals surface area contributed by atoms with Crippen molar-refractivity contribution in [3.63, 3.8) is 0 Å². The van der Waals surface area contributed by atoms with Crippen LogP contribution in [-0.4, -0.2) is 41.9 Å². The standard InChI is InChI=1S/C23H31N3O3S/c1-17-18(2)26(21-8-4-3-5-9-21)23(24-17)30(28,29)16-19-10-12-20(13-11-19)22(27)25-14-6-7-15-25/h10-13,21H,3-9,14-16H2,1-2H3. The van der Waals surface area contributed by atoms with Crippen LogP contribution in [-0.2, 0) is 15.6 Å². The number of likely N-dealkylation sites (tertiary alicyclic amines) is 1. The van der Waals surface area contributed by atoms with Crippen LogP contribution in [0.15, 0.2) is 29.4 Å². The van der Waals surface area contributed by atoms with Crippen LogP contribution in [0.3, 0.4) is 0 Å². The Kier molecular flexibility index (Phi) is 6.00. The molecule has 162 valence electrons. The van der Waals surface area contributed by atoms with Gasteiger partial charge in [0.05, 0.1) is 11.4 Å². The number of hydrogen-bond acceptors (Lipinski definition) is 4. The van der Waals surface area contributed by atoms with Crippen LogP contribution in [0, 0.1) is 13.8 Å². The average molecular weight is 430 g/mol. The number of rotatable bonds is 5. The van der Waals surface area contributed by atoms with E-state index in [1.54, 1.807) is 24.3 Å². The van der Waals surface area contributed by atoms with Crippen molar-refractivity contribution in [3.8, 4) is 0 Å². The highest BCUT2D eigenvalue weighted by molar-refractivity contribution is 7.90. The second kappa shape index (κ2) is 8.53. The topological polar surface area (TPSA) is 72.3 Å². The summed E-state index contributed by atoms with van der Waals surface area (Å²) in [7, 11) is -3.59. The van der Waals surface area contributed by atoms with E-state index in [2.05, 4.69) is 4.98 Å². The van der Waals surface area contributed by atoms with E-state index < -0.39 is 9.84 Å². The fraction of sp³-hybridized carbons (Fsp3) is 0.565. The Bertz CT molecular complexity index is 1010. The summed E-state index contributed by atoms with van der Waals surface area (Å²) < 4.78 is 28.6. The van der Waals surface area contributed by atoms with Crippen LogP contribution in [0.25, 0.3) is 0 Å². The van der Waals surface area contributed by atoms with Gasteiger partial charge in [0.25, 0.3) is 5.91 Å². The van der Waals surface area contributed by atoms with Crippen LogP contribution < -0.4 is 0 Å². The van der Waals surface area contributed by atoms with Crippen molar-refractivity contribution in [1.29, 1.82) is 0 Å². The van der Waals surface area contributed by atoms with Gasteiger partial charge in [-0.1, -0.05) is 31.4 Å². The molecule has 1 aromatic heterocycles. The quantitative estimate of drug-likeness (QED) is 0.714. The van der Waals surface area contributed by atoms with Gasteiger partial charge in [-0.2, -0.15) is 0 Å². The van der Waals surface area contributed by atoms with Gasteiger partial charge in [0, 0.05) is 30.4 Å². The number of benzene rings is 1. The van der Waals surface area contributed by atoms with Crippen LogP contribution in [0.2, 0.25) is 0 Å². The van der Waals surface area contributed by atoms with E-state index in [1.807, 2.05) is 23.3 Å². The molecule has 0 unspecified atom stereocenters. The Hall–Kier alpha value is -2.15. The lowest BCUT2D eigenvalue weighted by Gasteiger charge is -2.26. The van der Waals surface area contributed by atoms with Crippen LogP contribution in [0.1, 0.15) is 78.3 Å². The minimum atomic E-state index is -3.59. The molecule has 2 fully saturated rings. The Balaban J connectivity index is 1.56. The maximum Gasteiger partial charge on any atom is 0.253 e. The van der Waals surface area contributed by atoms with E-state index in [0.29, 0.717) is 11.1 Å². The molecule has 30 heavy (non-hydrogen) atoms. The first-order chi connectivity index (χ1) is 14.4. The lowest BCUT2D eigenvalue weighted by molar-refractivity contribution is 0.0793. The molecule has 1 aromatic carbocycles. The van der Waals surface area contributed by atoms with Crippen molar-refractivity contribution in [2.75, 3.05) is 13.1 Å². The Labute approximate surface area is 179 Å². The van der Waals surface area contributed by atoms with Gasteiger partial charge in [-0.3, -0.25) is 4.79 Å². The third-order valence-electron chi connectivity index (χ3n) is 6.52. The summed E-state index contributed by atoms with van der Waals surface area (Å²) in [6.45, 7) is 5.45. The zero-order valence-corrected chi connectivity index (χ0v) is 18.7. The number of carbonyl (C=O) groups is 1. The molecule has 4 rings (SSSR count). The molecule has 1 aliphatic carbocycles. The molecule has 2 heterocycles. The van der Waals surface area contributed by atoms with Crippen molar-refractivity contribution in [3.05, 3.63) is 46.8 Å². The monoisotopic (exact) mass is 429 g/mol. The Morgan fingerprint density at radius 1 is 1.00 bits per heavy atom. The van der Waals surface area contributed by atoms with Crippen molar-refractivity contribution in [2.24, 2.45) is 0 Å². The third kappa shape index (κ3) is 4.17. The predicted molar refractivity (Wildman–Crippen MR) is 116 cm³/mol. The van der Waals surface area contributed by atoms with E-state index in [-0.39, 0.29) is 22.9 Å². The summed E-state index contributed by atoms with van der Waals surface area (Å²) in [5.74, 6) is -0.0747. The van der Waals surface area contributed by atoms with Gasteiger partial charge < -0.3 is 9.47 Å². The van der Waals surface area contributed by atoms with Gasteiger partial charge in [0.15, 0.2) is 0 Å². The second-order valence-corrected chi connectivity index (χ2v) is 10.6. The van der Waals surface area contributed by atoms with Gasteiger partial charge in [0.2, 0.25) is 15.0 Å². The number of amides is 1. The molecule has 0 N–H and O–H groups in total. The number of sulfone groups is 1. The van der Waals surface area contributed by atoms with E-state index in [9.17, 15) is 13.2 Å². The van der Waals surface area contributed by atoms with Crippen molar-refractivity contribution >= 4 is 15.7 Å².